The van der Waals surface area contributed by atoms with E-state index in [4.69, 9.17) is 0 Å². The molecule has 0 unspecified atom stereocenters. The Balaban J connectivity index is 1.41. The first kappa shape index (κ1) is 15.8. The largest absolute Gasteiger partial charge is 0.353 e. The van der Waals surface area contributed by atoms with E-state index < -0.39 is 0 Å². The number of piperidine rings is 1. The molecule has 7 heteroatoms. The Hall–Kier alpha value is -2.70. The number of para-hydroxylation sites is 2. The van der Waals surface area contributed by atoms with Gasteiger partial charge in [-0.2, -0.15) is 0 Å². The predicted molar refractivity (Wildman–Crippen MR) is 91.9 cm³/mol. The Labute approximate surface area is 144 Å². The van der Waals surface area contributed by atoms with Crippen molar-refractivity contribution in [2.24, 2.45) is 5.92 Å². The van der Waals surface area contributed by atoms with Crippen LogP contribution in [-0.2, 0) is 16.0 Å². The molecule has 0 spiro atoms. The smallest absolute Gasteiger partial charge is 0.270 e. The predicted octanol–water partition coefficient (Wildman–Crippen LogP) is 0.593. The maximum absolute atomic E-state index is 12.5. The van der Waals surface area contributed by atoms with Crippen molar-refractivity contribution in [1.29, 1.82) is 0 Å². The molecule has 0 aliphatic carbocycles. The van der Waals surface area contributed by atoms with Crippen LogP contribution in [0.5, 0.6) is 0 Å². The molecule has 2 fully saturated rings. The standard InChI is InChI=1S/C18H20N4O3/c23-16-9-11-10-22(8-7-12(11)20-16)17(24)6-5-15-18(25)21-14-4-2-1-3-13(14)19-15/h1-4,11-12H,5-10H2,(H,20,23)(H,21,25)/t11-,12+/m1/s1. The van der Waals surface area contributed by atoms with E-state index in [1.54, 1.807) is 6.07 Å². The van der Waals surface area contributed by atoms with Crippen LogP contribution in [0.25, 0.3) is 11.0 Å². The summed E-state index contributed by atoms with van der Waals surface area (Å²) < 4.78 is 0. The fourth-order valence-corrected chi connectivity index (χ4v) is 3.78. The van der Waals surface area contributed by atoms with Gasteiger partial charge >= 0.3 is 0 Å². The zero-order valence-electron chi connectivity index (χ0n) is 13.8. The van der Waals surface area contributed by atoms with Gasteiger partial charge in [0, 0.05) is 44.3 Å². The molecular formula is C18H20N4O3. The van der Waals surface area contributed by atoms with E-state index in [0.29, 0.717) is 37.1 Å². The first-order chi connectivity index (χ1) is 12.1. The van der Waals surface area contributed by atoms with Gasteiger partial charge in [-0.15, -0.1) is 0 Å². The highest BCUT2D eigenvalue weighted by Crippen LogP contribution is 2.25. The van der Waals surface area contributed by atoms with E-state index in [2.05, 4.69) is 15.3 Å². The quantitative estimate of drug-likeness (QED) is 0.855. The molecule has 2 aliphatic rings. The number of carbonyl (C=O) groups is 2. The maximum Gasteiger partial charge on any atom is 0.270 e. The van der Waals surface area contributed by atoms with Crippen molar-refractivity contribution in [2.75, 3.05) is 13.1 Å². The molecule has 25 heavy (non-hydrogen) atoms. The number of aromatic nitrogens is 2. The van der Waals surface area contributed by atoms with E-state index in [-0.39, 0.29) is 35.8 Å². The van der Waals surface area contributed by atoms with Crippen molar-refractivity contribution in [3.8, 4) is 0 Å². The molecule has 2 aliphatic heterocycles. The number of nitrogens with zero attached hydrogens (tertiary/aromatic N) is 2. The monoisotopic (exact) mass is 340 g/mol. The molecule has 0 bridgehead atoms. The van der Waals surface area contributed by atoms with E-state index in [0.717, 1.165) is 11.9 Å². The summed E-state index contributed by atoms with van der Waals surface area (Å²) in [5, 5.41) is 2.97. The van der Waals surface area contributed by atoms with Crippen molar-refractivity contribution in [2.45, 2.75) is 31.7 Å². The highest BCUT2D eigenvalue weighted by molar-refractivity contribution is 5.80. The molecule has 7 nitrogen and oxygen atoms in total. The summed E-state index contributed by atoms with van der Waals surface area (Å²) >= 11 is 0. The van der Waals surface area contributed by atoms with Gasteiger partial charge in [-0.3, -0.25) is 14.4 Å². The minimum Gasteiger partial charge on any atom is -0.353 e. The highest BCUT2D eigenvalue weighted by Gasteiger charge is 2.37. The van der Waals surface area contributed by atoms with E-state index in [1.807, 2.05) is 23.1 Å². The summed E-state index contributed by atoms with van der Waals surface area (Å²) in [6, 6.07) is 7.56. The summed E-state index contributed by atoms with van der Waals surface area (Å²) in [6.07, 6.45) is 1.88. The van der Waals surface area contributed by atoms with Gasteiger partial charge in [-0.25, -0.2) is 4.98 Å². The van der Waals surface area contributed by atoms with Gasteiger partial charge in [0.1, 0.15) is 5.69 Å². The number of hydrogen-bond acceptors (Lipinski definition) is 4. The molecule has 3 heterocycles. The third-order valence-electron chi connectivity index (χ3n) is 5.13. The van der Waals surface area contributed by atoms with Crippen LogP contribution in [0.2, 0.25) is 0 Å². The number of amides is 2. The third kappa shape index (κ3) is 3.14. The first-order valence-electron chi connectivity index (χ1n) is 8.65. The number of aryl methyl sites for hydroxylation is 1. The molecule has 130 valence electrons. The summed E-state index contributed by atoms with van der Waals surface area (Å²) in [6.45, 7) is 1.27. The normalized spacial score (nSPS) is 22.7. The Morgan fingerprint density at radius 1 is 1.28 bits per heavy atom. The number of H-pyrrole nitrogens is 1. The SMILES string of the molecule is O=C1C[C@@H]2CN(C(=O)CCc3nc4ccccc4[nH]c3=O)CC[C@@H]2N1. The van der Waals surface area contributed by atoms with Crippen molar-refractivity contribution < 1.29 is 9.59 Å². The van der Waals surface area contributed by atoms with Crippen molar-refractivity contribution in [1.82, 2.24) is 20.2 Å². The topological polar surface area (TPSA) is 95.2 Å². The minimum absolute atomic E-state index is 0.0205. The molecule has 2 saturated heterocycles. The number of fused-ring (bicyclic) bond motifs is 2. The van der Waals surface area contributed by atoms with Gasteiger partial charge in [0.05, 0.1) is 11.0 Å². The number of likely N-dealkylation sites (tertiary alicyclic amines) is 1. The molecule has 0 radical (unpaired) electrons. The molecule has 2 N–H and O–H groups in total. The Morgan fingerprint density at radius 3 is 3.00 bits per heavy atom. The number of carbonyl (C=O) groups excluding carboxylic acids is 2. The van der Waals surface area contributed by atoms with Crippen LogP contribution in [0.3, 0.4) is 0 Å². The Morgan fingerprint density at radius 2 is 2.12 bits per heavy atom. The molecule has 2 amide bonds. The molecule has 2 atom stereocenters. The zero-order chi connectivity index (χ0) is 17.4. The summed E-state index contributed by atoms with van der Waals surface area (Å²) in [4.78, 5) is 45.1. The second kappa shape index (κ2) is 6.31. The van der Waals surface area contributed by atoms with E-state index >= 15 is 0 Å². The zero-order valence-corrected chi connectivity index (χ0v) is 13.8. The van der Waals surface area contributed by atoms with E-state index in [1.165, 1.54) is 0 Å². The van der Waals surface area contributed by atoms with Gasteiger partial charge in [0.25, 0.3) is 5.56 Å². The van der Waals surface area contributed by atoms with Crippen LogP contribution >= 0.6 is 0 Å². The lowest BCUT2D eigenvalue weighted by atomic mass is 9.93. The minimum atomic E-state index is -0.240. The number of nitrogens with one attached hydrogen (secondary N) is 2. The van der Waals surface area contributed by atoms with Gasteiger partial charge in [-0.05, 0) is 18.6 Å². The van der Waals surface area contributed by atoms with E-state index in [9.17, 15) is 14.4 Å². The first-order valence-corrected chi connectivity index (χ1v) is 8.65. The Bertz CT molecular complexity index is 891. The molecule has 1 aromatic carbocycles. The fraction of sp³-hybridized carbons (Fsp3) is 0.444. The average molecular weight is 340 g/mol. The second-order valence-corrected chi connectivity index (χ2v) is 6.80. The number of benzene rings is 1. The molecule has 0 saturated carbocycles. The van der Waals surface area contributed by atoms with Crippen LogP contribution in [0, 0.1) is 5.92 Å². The highest BCUT2D eigenvalue weighted by atomic mass is 16.2. The molecule has 1 aromatic heterocycles. The van der Waals surface area contributed by atoms with Crippen LogP contribution in [-0.4, -0.2) is 45.8 Å². The van der Waals surface area contributed by atoms with Crippen LogP contribution in [0.15, 0.2) is 29.1 Å². The lowest BCUT2D eigenvalue weighted by molar-refractivity contribution is -0.133. The van der Waals surface area contributed by atoms with Crippen LogP contribution in [0.4, 0.5) is 0 Å². The lowest BCUT2D eigenvalue weighted by Crippen LogP contribution is -2.47. The van der Waals surface area contributed by atoms with Crippen LogP contribution < -0.4 is 10.9 Å². The average Bonchev–Trinajstić information content (AvgIpc) is 2.98. The molecule has 4 rings (SSSR count). The molecule has 2 aromatic rings. The Kier molecular flexibility index (Phi) is 3.99. The lowest BCUT2D eigenvalue weighted by Gasteiger charge is -2.34. The second-order valence-electron chi connectivity index (χ2n) is 6.80. The van der Waals surface area contributed by atoms with Crippen molar-refractivity contribution in [3.05, 3.63) is 40.3 Å². The fourth-order valence-electron chi connectivity index (χ4n) is 3.78. The van der Waals surface area contributed by atoms with Gasteiger partial charge in [0.2, 0.25) is 11.8 Å². The summed E-state index contributed by atoms with van der Waals surface area (Å²) in [5.74, 6) is 0.316. The van der Waals surface area contributed by atoms with Crippen molar-refractivity contribution >= 4 is 22.8 Å². The van der Waals surface area contributed by atoms with Crippen molar-refractivity contribution in [3.63, 3.8) is 0 Å². The van der Waals surface area contributed by atoms with Gasteiger partial charge in [-0.1, -0.05) is 12.1 Å². The van der Waals surface area contributed by atoms with Gasteiger partial charge in [0.15, 0.2) is 0 Å². The maximum atomic E-state index is 12.5. The number of hydrogen-bond donors (Lipinski definition) is 2. The number of aromatic amines is 1. The summed E-state index contributed by atoms with van der Waals surface area (Å²) in [5.41, 5.74) is 1.57. The van der Waals surface area contributed by atoms with Crippen LogP contribution in [0.1, 0.15) is 25.0 Å². The van der Waals surface area contributed by atoms with Gasteiger partial charge < -0.3 is 15.2 Å². The third-order valence-corrected chi connectivity index (χ3v) is 5.13. The molecular weight excluding hydrogens is 320 g/mol. The summed E-state index contributed by atoms with van der Waals surface area (Å²) in [7, 11) is 0. The number of rotatable bonds is 3.